The lowest BCUT2D eigenvalue weighted by Crippen LogP contribution is -2.08. The second kappa shape index (κ2) is 5.81. The SMILES string of the molecule is CCc1nc(CC)n(Cc2ccc(C(=O)O)c(F)c2)n1. The van der Waals surface area contributed by atoms with Gasteiger partial charge in [-0.3, -0.25) is 0 Å². The first-order valence-electron chi connectivity index (χ1n) is 6.49. The van der Waals surface area contributed by atoms with Gasteiger partial charge in [0.05, 0.1) is 12.1 Å². The monoisotopic (exact) mass is 277 g/mol. The fourth-order valence-corrected chi connectivity index (χ4v) is 1.97. The van der Waals surface area contributed by atoms with E-state index in [0.717, 1.165) is 24.5 Å². The van der Waals surface area contributed by atoms with Crippen molar-refractivity contribution in [3.05, 3.63) is 46.8 Å². The van der Waals surface area contributed by atoms with Gasteiger partial charge in [-0.05, 0) is 17.7 Å². The van der Waals surface area contributed by atoms with Crippen LogP contribution in [-0.2, 0) is 19.4 Å². The van der Waals surface area contributed by atoms with E-state index in [4.69, 9.17) is 5.11 Å². The molecule has 0 saturated heterocycles. The quantitative estimate of drug-likeness (QED) is 0.910. The van der Waals surface area contributed by atoms with Crippen molar-refractivity contribution in [1.29, 1.82) is 0 Å². The molecular formula is C14H16FN3O2. The van der Waals surface area contributed by atoms with Gasteiger partial charge in [-0.15, -0.1) is 0 Å². The first-order valence-corrected chi connectivity index (χ1v) is 6.49. The number of carboxylic acids is 1. The van der Waals surface area contributed by atoms with Gasteiger partial charge in [0.2, 0.25) is 0 Å². The molecule has 2 rings (SSSR count). The minimum Gasteiger partial charge on any atom is -0.478 e. The van der Waals surface area contributed by atoms with Gasteiger partial charge in [-0.2, -0.15) is 5.10 Å². The molecule has 0 spiro atoms. The molecule has 6 heteroatoms. The van der Waals surface area contributed by atoms with Crippen LogP contribution in [-0.4, -0.2) is 25.8 Å². The van der Waals surface area contributed by atoms with Crippen LogP contribution in [0, 0.1) is 5.82 Å². The van der Waals surface area contributed by atoms with Crippen LogP contribution in [0.25, 0.3) is 0 Å². The average Bonchev–Trinajstić information content (AvgIpc) is 2.80. The van der Waals surface area contributed by atoms with Crippen LogP contribution in [0.15, 0.2) is 18.2 Å². The fourth-order valence-electron chi connectivity index (χ4n) is 1.97. The predicted molar refractivity (Wildman–Crippen MR) is 71.2 cm³/mol. The summed E-state index contributed by atoms with van der Waals surface area (Å²) in [6.07, 6.45) is 1.48. The third-order valence-electron chi connectivity index (χ3n) is 3.02. The Labute approximate surface area is 116 Å². The van der Waals surface area contributed by atoms with Crippen molar-refractivity contribution in [3.63, 3.8) is 0 Å². The van der Waals surface area contributed by atoms with Crippen molar-refractivity contribution in [1.82, 2.24) is 14.8 Å². The first kappa shape index (κ1) is 14.2. The highest BCUT2D eigenvalue weighted by molar-refractivity contribution is 5.87. The van der Waals surface area contributed by atoms with Gasteiger partial charge in [0.15, 0.2) is 5.82 Å². The molecule has 0 bridgehead atoms. The van der Waals surface area contributed by atoms with E-state index in [0.29, 0.717) is 12.1 Å². The van der Waals surface area contributed by atoms with Crippen molar-refractivity contribution in [2.75, 3.05) is 0 Å². The number of carboxylic acid groups (broad SMARTS) is 1. The van der Waals surface area contributed by atoms with Crippen LogP contribution >= 0.6 is 0 Å². The van der Waals surface area contributed by atoms with E-state index in [1.54, 1.807) is 10.7 Å². The maximum absolute atomic E-state index is 13.6. The van der Waals surface area contributed by atoms with Gasteiger partial charge in [-0.1, -0.05) is 19.9 Å². The lowest BCUT2D eigenvalue weighted by atomic mass is 10.1. The molecular weight excluding hydrogens is 261 g/mol. The van der Waals surface area contributed by atoms with Crippen LogP contribution in [0.2, 0.25) is 0 Å². The second-order valence-electron chi connectivity index (χ2n) is 4.43. The smallest absolute Gasteiger partial charge is 0.338 e. The summed E-state index contributed by atoms with van der Waals surface area (Å²) in [5.74, 6) is -0.407. The van der Waals surface area contributed by atoms with Crippen molar-refractivity contribution in [3.8, 4) is 0 Å². The van der Waals surface area contributed by atoms with Crippen molar-refractivity contribution >= 4 is 5.97 Å². The molecule has 1 heterocycles. The molecule has 0 atom stereocenters. The maximum Gasteiger partial charge on any atom is 0.338 e. The van der Waals surface area contributed by atoms with E-state index < -0.39 is 11.8 Å². The van der Waals surface area contributed by atoms with Crippen LogP contribution in [0.3, 0.4) is 0 Å². The Morgan fingerprint density at radius 3 is 2.65 bits per heavy atom. The highest BCUT2D eigenvalue weighted by Crippen LogP contribution is 2.13. The summed E-state index contributed by atoms with van der Waals surface area (Å²) < 4.78 is 15.4. The number of nitrogens with zero attached hydrogens (tertiary/aromatic N) is 3. The number of aromatic nitrogens is 3. The van der Waals surface area contributed by atoms with E-state index in [1.165, 1.54) is 12.1 Å². The van der Waals surface area contributed by atoms with Gasteiger partial charge in [0, 0.05) is 12.8 Å². The summed E-state index contributed by atoms with van der Waals surface area (Å²) in [6, 6.07) is 4.10. The summed E-state index contributed by atoms with van der Waals surface area (Å²) in [5, 5.41) is 13.1. The maximum atomic E-state index is 13.6. The van der Waals surface area contributed by atoms with Gasteiger partial charge in [-0.25, -0.2) is 18.9 Å². The number of benzene rings is 1. The molecule has 0 saturated carbocycles. The average molecular weight is 277 g/mol. The predicted octanol–water partition coefficient (Wildman–Crippen LogP) is 2.29. The van der Waals surface area contributed by atoms with Crippen molar-refractivity contribution in [2.45, 2.75) is 33.2 Å². The third kappa shape index (κ3) is 2.84. The fraction of sp³-hybridized carbons (Fsp3) is 0.357. The molecule has 1 aromatic carbocycles. The number of carbonyl (C=O) groups is 1. The molecule has 0 fully saturated rings. The second-order valence-corrected chi connectivity index (χ2v) is 4.43. The van der Waals surface area contributed by atoms with E-state index in [1.807, 2.05) is 13.8 Å². The van der Waals surface area contributed by atoms with E-state index in [9.17, 15) is 9.18 Å². The van der Waals surface area contributed by atoms with Gasteiger partial charge in [0.25, 0.3) is 0 Å². The Morgan fingerprint density at radius 1 is 1.35 bits per heavy atom. The van der Waals surface area contributed by atoms with Gasteiger partial charge >= 0.3 is 5.97 Å². The molecule has 0 aliphatic carbocycles. The number of hydrogen-bond acceptors (Lipinski definition) is 3. The standard InChI is InChI=1S/C14H16FN3O2/c1-3-12-16-13(4-2)18(17-12)8-9-5-6-10(14(19)20)11(15)7-9/h5-7H,3-4,8H2,1-2H3,(H,19,20). The zero-order chi connectivity index (χ0) is 14.7. The highest BCUT2D eigenvalue weighted by atomic mass is 19.1. The minimum absolute atomic E-state index is 0.322. The molecule has 20 heavy (non-hydrogen) atoms. The highest BCUT2D eigenvalue weighted by Gasteiger charge is 2.12. The normalized spacial score (nSPS) is 10.8. The molecule has 0 radical (unpaired) electrons. The molecule has 2 aromatic rings. The van der Waals surface area contributed by atoms with E-state index >= 15 is 0 Å². The summed E-state index contributed by atoms with van der Waals surface area (Å²) in [4.78, 5) is 15.1. The van der Waals surface area contributed by atoms with E-state index in [-0.39, 0.29) is 5.56 Å². The Hall–Kier alpha value is -2.24. The number of halogens is 1. The number of aromatic carboxylic acids is 1. The van der Waals surface area contributed by atoms with E-state index in [2.05, 4.69) is 10.1 Å². The molecule has 0 aliphatic heterocycles. The molecule has 106 valence electrons. The molecule has 0 amide bonds. The van der Waals surface area contributed by atoms with Crippen LogP contribution in [0.4, 0.5) is 4.39 Å². The Morgan fingerprint density at radius 2 is 2.10 bits per heavy atom. The largest absolute Gasteiger partial charge is 0.478 e. The lowest BCUT2D eigenvalue weighted by Gasteiger charge is -2.06. The van der Waals surface area contributed by atoms with Crippen LogP contribution in [0.5, 0.6) is 0 Å². The Kier molecular flexibility index (Phi) is 4.12. The molecule has 0 aliphatic rings. The zero-order valence-electron chi connectivity index (χ0n) is 11.4. The Bertz CT molecular complexity index is 637. The lowest BCUT2D eigenvalue weighted by molar-refractivity contribution is 0.0692. The summed E-state index contributed by atoms with van der Waals surface area (Å²) in [6.45, 7) is 4.33. The van der Waals surface area contributed by atoms with Crippen LogP contribution in [0.1, 0.15) is 41.4 Å². The molecule has 0 unspecified atom stereocenters. The summed E-state index contributed by atoms with van der Waals surface area (Å²) in [7, 11) is 0. The summed E-state index contributed by atoms with van der Waals surface area (Å²) >= 11 is 0. The third-order valence-corrected chi connectivity index (χ3v) is 3.02. The van der Waals surface area contributed by atoms with Gasteiger partial charge < -0.3 is 5.11 Å². The minimum atomic E-state index is -1.27. The van der Waals surface area contributed by atoms with Gasteiger partial charge in [0.1, 0.15) is 11.6 Å². The number of hydrogen-bond donors (Lipinski definition) is 1. The number of rotatable bonds is 5. The Balaban J connectivity index is 2.28. The van der Waals surface area contributed by atoms with Crippen LogP contribution < -0.4 is 0 Å². The van der Waals surface area contributed by atoms with Crippen molar-refractivity contribution < 1.29 is 14.3 Å². The molecule has 1 aromatic heterocycles. The zero-order valence-corrected chi connectivity index (χ0v) is 11.4. The number of aryl methyl sites for hydroxylation is 2. The molecule has 5 nitrogen and oxygen atoms in total. The van der Waals surface area contributed by atoms with Crippen molar-refractivity contribution in [2.24, 2.45) is 0 Å². The topological polar surface area (TPSA) is 68.0 Å². The molecule has 1 N–H and O–H groups in total. The summed E-state index contributed by atoms with van der Waals surface area (Å²) in [5.41, 5.74) is 0.340. The first-order chi connectivity index (χ1) is 9.55.